The van der Waals surface area contributed by atoms with Crippen LogP contribution >= 0.6 is 14.3 Å². The van der Waals surface area contributed by atoms with E-state index in [0.717, 1.165) is 97.9 Å². The molecular formula is C70H48O2P2. The highest BCUT2D eigenvalue weighted by Crippen LogP contribution is 2.48. The van der Waals surface area contributed by atoms with Crippen molar-refractivity contribution in [2.24, 2.45) is 0 Å². The molecule has 0 aromatic heterocycles. The van der Waals surface area contributed by atoms with Crippen molar-refractivity contribution in [1.82, 2.24) is 0 Å². The molecule has 0 aliphatic heterocycles. The first kappa shape index (κ1) is 45.2. The van der Waals surface area contributed by atoms with Crippen molar-refractivity contribution in [1.29, 1.82) is 0 Å². The van der Waals surface area contributed by atoms with E-state index in [1.165, 1.54) is 21.5 Å². The van der Waals surface area contributed by atoms with Crippen LogP contribution in [-0.4, -0.2) is 0 Å². The predicted octanol–water partition coefficient (Wildman–Crippen LogP) is 16.2. The van der Waals surface area contributed by atoms with Gasteiger partial charge in [0.1, 0.15) is 0 Å². The molecule has 0 aliphatic carbocycles. The molecule has 0 saturated heterocycles. The third-order valence-electron chi connectivity index (χ3n) is 14.8. The number of fused-ring (bicyclic) bond motifs is 4. The Balaban J connectivity index is 1.02. The summed E-state index contributed by atoms with van der Waals surface area (Å²) in [6.07, 6.45) is 0. The van der Waals surface area contributed by atoms with Crippen LogP contribution in [0.1, 0.15) is 0 Å². The monoisotopic (exact) mass is 982 g/mol. The van der Waals surface area contributed by atoms with Crippen molar-refractivity contribution in [3.05, 3.63) is 291 Å². The molecule has 0 radical (unpaired) electrons. The average Bonchev–Trinajstić information content (AvgIpc) is 3.48. The number of hydrogen-bond acceptors (Lipinski definition) is 2. The lowest BCUT2D eigenvalue weighted by atomic mass is 9.83. The zero-order chi connectivity index (χ0) is 49.6. The Morgan fingerprint density at radius 1 is 0.189 bits per heavy atom. The van der Waals surface area contributed by atoms with Crippen LogP contribution in [0.25, 0.3) is 87.6 Å². The number of rotatable bonds is 10. The van der Waals surface area contributed by atoms with Gasteiger partial charge in [0, 0.05) is 31.8 Å². The molecule has 0 aliphatic rings. The molecule has 0 saturated carbocycles. The first-order valence-electron chi connectivity index (χ1n) is 25.1. The topological polar surface area (TPSA) is 34.1 Å². The van der Waals surface area contributed by atoms with Crippen LogP contribution in [0.5, 0.6) is 0 Å². The molecule has 74 heavy (non-hydrogen) atoms. The van der Waals surface area contributed by atoms with Crippen molar-refractivity contribution in [2.75, 3.05) is 0 Å². The lowest BCUT2D eigenvalue weighted by molar-refractivity contribution is 0.591. The molecule has 0 N–H and O–H groups in total. The Bertz CT molecular complexity index is 3960. The molecular weight excluding hydrogens is 935 g/mol. The van der Waals surface area contributed by atoms with Gasteiger partial charge in [-0.1, -0.05) is 267 Å². The molecule has 0 bridgehead atoms. The summed E-state index contributed by atoms with van der Waals surface area (Å²) in [5.74, 6) is 0. The quantitative estimate of drug-likeness (QED) is 0.101. The van der Waals surface area contributed by atoms with Gasteiger partial charge in [-0.05, 0) is 112 Å². The first-order valence-corrected chi connectivity index (χ1v) is 28.5. The zero-order valence-electron chi connectivity index (χ0n) is 40.4. The zero-order valence-corrected chi connectivity index (χ0v) is 42.2. The van der Waals surface area contributed by atoms with Gasteiger partial charge in [0.05, 0.1) is 0 Å². The standard InChI is InChI=1S/C70H48O2P2/c71-73(59-21-5-1-6-22-59,60-23-7-2-8-24-60)63-39-33-51(34-40-63)55-37-43-65-67(47-55)69(57-31-29-49-17-13-15-19-53(49)45-57)66-44-38-56(48-68(66)70(65)58-32-30-50-18-14-16-20-54(50)46-58)52-35-41-64(42-36-52)74(72,61-25-9-3-10-26-61)62-27-11-4-12-28-62/h1-48H. The van der Waals surface area contributed by atoms with Gasteiger partial charge in [-0.3, -0.25) is 0 Å². The summed E-state index contributed by atoms with van der Waals surface area (Å²) in [5.41, 5.74) is 8.83. The van der Waals surface area contributed by atoms with Crippen LogP contribution in [0, 0.1) is 0 Å². The van der Waals surface area contributed by atoms with E-state index in [2.05, 4.69) is 170 Å². The molecule has 13 aromatic carbocycles. The maximum atomic E-state index is 15.4. The van der Waals surface area contributed by atoms with Crippen molar-refractivity contribution in [2.45, 2.75) is 0 Å². The predicted molar refractivity (Wildman–Crippen MR) is 317 cm³/mol. The first-order chi connectivity index (χ1) is 36.4. The lowest BCUT2D eigenvalue weighted by Gasteiger charge is -2.21. The Morgan fingerprint density at radius 3 is 0.797 bits per heavy atom. The third-order valence-corrected chi connectivity index (χ3v) is 21.0. The van der Waals surface area contributed by atoms with Gasteiger partial charge in [0.25, 0.3) is 0 Å². The summed E-state index contributed by atoms with van der Waals surface area (Å²) in [6, 6.07) is 101. The van der Waals surface area contributed by atoms with Gasteiger partial charge in [0.15, 0.2) is 14.3 Å². The molecule has 13 rings (SSSR count). The Hall–Kier alpha value is -8.64. The van der Waals surface area contributed by atoms with Gasteiger partial charge in [-0.25, -0.2) is 0 Å². The highest BCUT2D eigenvalue weighted by molar-refractivity contribution is 7.85. The summed E-state index contributed by atoms with van der Waals surface area (Å²) in [6.45, 7) is 0. The second kappa shape index (κ2) is 18.8. The third kappa shape index (κ3) is 7.83. The Morgan fingerprint density at radius 2 is 0.459 bits per heavy atom. The fourth-order valence-electron chi connectivity index (χ4n) is 11.1. The molecule has 13 aromatic rings. The smallest absolute Gasteiger partial charge is 0.171 e. The summed E-state index contributed by atoms with van der Waals surface area (Å²) in [4.78, 5) is 0. The van der Waals surface area contributed by atoms with Crippen LogP contribution in [-0.2, 0) is 9.13 Å². The van der Waals surface area contributed by atoms with Crippen LogP contribution in [0.15, 0.2) is 291 Å². The summed E-state index contributed by atoms with van der Waals surface area (Å²) in [7, 11) is -6.31. The second-order valence-corrected chi connectivity index (χ2v) is 24.6. The molecule has 4 heteroatoms. The van der Waals surface area contributed by atoms with Gasteiger partial charge >= 0.3 is 0 Å². The second-order valence-electron chi connectivity index (χ2n) is 19.0. The average molecular weight is 983 g/mol. The minimum Gasteiger partial charge on any atom is -0.309 e. The van der Waals surface area contributed by atoms with Gasteiger partial charge in [0.2, 0.25) is 0 Å². The van der Waals surface area contributed by atoms with E-state index in [4.69, 9.17) is 0 Å². The molecule has 0 amide bonds. The number of benzene rings is 13. The van der Waals surface area contributed by atoms with Crippen LogP contribution in [0.2, 0.25) is 0 Å². The highest BCUT2D eigenvalue weighted by Gasteiger charge is 2.31. The maximum absolute atomic E-state index is 15.4. The summed E-state index contributed by atoms with van der Waals surface area (Å²) in [5, 5.41) is 14.2. The van der Waals surface area contributed by atoms with Crippen LogP contribution < -0.4 is 31.8 Å². The minimum absolute atomic E-state index is 0.799. The molecule has 0 spiro atoms. The maximum Gasteiger partial charge on any atom is 0.171 e. The normalized spacial score (nSPS) is 11.9. The highest BCUT2D eigenvalue weighted by atomic mass is 31.2. The molecule has 2 nitrogen and oxygen atoms in total. The van der Waals surface area contributed by atoms with Crippen molar-refractivity contribution in [3.8, 4) is 44.5 Å². The summed E-state index contributed by atoms with van der Waals surface area (Å²) < 4.78 is 30.8. The van der Waals surface area contributed by atoms with E-state index in [1.54, 1.807) is 0 Å². The van der Waals surface area contributed by atoms with E-state index in [9.17, 15) is 0 Å². The van der Waals surface area contributed by atoms with Crippen LogP contribution in [0.4, 0.5) is 0 Å². The van der Waals surface area contributed by atoms with E-state index in [1.807, 2.05) is 121 Å². The molecule has 0 heterocycles. The van der Waals surface area contributed by atoms with Gasteiger partial charge in [-0.15, -0.1) is 0 Å². The molecule has 0 unspecified atom stereocenters. The largest absolute Gasteiger partial charge is 0.309 e. The van der Waals surface area contributed by atoms with Gasteiger partial charge in [-0.2, -0.15) is 0 Å². The molecule has 350 valence electrons. The fraction of sp³-hybridized carbons (Fsp3) is 0. The van der Waals surface area contributed by atoms with E-state index in [-0.39, 0.29) is 0 Å². The van der Waals surface area contributed by atoms with Crippen LogP contribution in [0.3, 0.4) is 0 Å². The van der Waals surface area contributed by atoms with Crippen molar-refractivity contribution in [3.63, 3.8) is 0 Å². The van der Waals surface area contributed by atoms with E-state index >= 15 is 9.13 Å². The van der Waals surface area contributed by atoms with Gasteiger partial charge < -0.3 is 9.13 Å². The lowest BCUT2D eigenvalue weighted by Crippen LogP contribution is -2.24. The SMILES string of the molecule is O=P(c1ccccc1)(c1ccccc1)c1ccc(-c2ccc3c(-c4ccc5ccccc5c4)c4cc(-c5ccc(P(=O)(c6ccccc6)c6ccccc6)cc5)ccc4c(-c4ccc5ccccc5c4)c3c2)cc1. The summed E-state index contributed by atoms with van der Waals surface area (Å²) >= 11 is 0. The number of hydrogen-bond donors (Lipinski definition) is 0. The van der Waals surface area contributed by atoms with E-state index in [0.29, 0.717) is 0 Å². The minimum atomic E-state index is -3.16. The fourth-order valence-corrected chi connectivity index (χ4v) is 16.4. The van der Waals surface area contributed by atoms with E-state index < -0.39 is 14.3 Å². The van der Waals surface area contributed by atoms with Crippen molar-refractivity contribution < 1.29 is 9.13 Å². The molecule has 0 fully saturated rings. The Labute approximate surface area is 431 Å². The Kier molecular flexibility index (Phi) is 11.5. The molecule has 0 atom stereocenters. The van der Waals surface area contributed by atoms with Crippen molar-refractivity contribution >= 4 is 89.2 Å².